The molecule has 0 N–H and O–H groups in total. The van der Waals surface area contributed by atoms with Crippen molar-refractivity contribution in [1.82, 2.24) is 0 Å². The van der Waals surface area contributed by atoms with Crippen molar-refractivity contribution in [2.45, 2.75) is 290 Å². The normalized spacial score (nSPS) is 12.5. The molecule has 0 aliphatic carbocycles. The van der Waals surface area contributed by atoms with Crippen LogP contribution < -0.4 is 0 Å². The van der Waals surface area contributed by atoms with E-state index in [9.17, 15) is 14.4 Å². The van der Waals surface area contributed by atoms with E-state index in [-0.39, 0.29) is 31.1 Å². The van der Waals surface area contributed by atoms with E-state index in [1.807, 2.05) is 0 Å². The summed E-state index contributed by atoms with van der Waals surface area (Å²) in [4.78, 5) is 38.1. The molecule has 0 aromatic carbocycles. The van der Waals surface area contributed by atoms with Gasteiger partial charge in [-0.05, 0) is 103 Å². The number of esters is 3. The summed E-state index contributed by atoms with van der Waals surface area (Å²) >= 11 is 0. The average molecular weight is 924 g/mol. The van der Waals surface area contributed by atoms with E-state index in [4.69, 9.17) is 14.2 Å². The summed E-state index contributed by atoms with van der Waals surface area (Å²) in [5, 5.41) is 0. The summed E-state index contributed by atoms with van der Waals surface area (Å²) in [5.74, 6) is -0.903. The second-order valence-electron chi connectivity index (χ2n) is 18.8. The van der Waals surface area contributed by atoms with Gasteiger partial charge in [-0.1, -0.05) is 223 Å². The molecule has 0 aromatic heterocycles. The summed E-state index contributed by atoms with van der Waals surface area (Å²) in [5.41, 5.74) is 0. The fraction of sp³-hybridized carbons (Fsp3) is 0.783. The van der Waals surface area contributed by atoms with Crippen LogP contribution in [0.3, 0.4) is 0 Å². The summed E-state index contributed by atoms with van der Waals surface area (Å²) in [7, 11) is 0. The van der Waals surface area contributed by atoms with E-state index < -0.39 is 6.10 Å². The summed E-state index contributed by atoms with van der Waals surface area (Å²) in [6.45, 7) is 6.51. The van der Waals surface area contributed by atoms with Crippen LogP contribution in [-0.4, -0.2) is 37.2 Å². The first-order valence-electron chi connectivity index (χ1n) is 28.3. The van der Waals surface area contributed by atoms with Gasteiger partial charge in [0, 0.05) is 19.3 Å². The molecule has 0 aliphatic rings. The van der Waals surface area contributed by atoms with Gasteiger partial charge in [0.15, 0.2) is 6.10 Å². The Kier molecular flexibility index (Phi) is 52.3. The predicted octanol–water partition coefficient (Wildman–Crippen LogP) is 18.8. The lowest BCUT2D eigenvalue weighted by Crippen LogP contribution is -2.30. The van der Waals surface area contributed by atoms with E-state index >= 15 is 0 Å². The smallest absolute Gasteiger partial charge is 0.306 e. The minimum atomic E-state index is -0.787. The Hall–Kier alpha value is -2.89. The second kappa shape index (κ2) is 54.7. The summed E-state index contributed by atoms with van der Waals surface area (Å²) in [6, 6.07) is 0. The zero-order valence-electron chi connectivity index (χ0n) is 43.7. The van der Waals surface area contributed by atoms with Gasteiger partial charge in [0.25, 0.3) is 0 Å². The molecule has 6 heteroatoms. The fourth-order valence-electron chi connectivity index (χ4n) is 7.98. The van der Waals surface area contributed by atoms with Crippen LogP contribution in [0.2, 0.25) is 0 Å². The molecule has 0 saturated heterocycles. The Morgan fingerprint density at radius 1 is 0.318 bits per heavy atom. The van der Waals surface area contributed by atoms with Gasteiger partial charge in [-0.25, -0.2) is 0 Å². The molecular formula is C60H106O6. The Morgan fingerprint density at radius 3 is 0.939 bits per heavy atom. The largest absolute Gasteiger partial charge is 0.462 e. The van der Waals surface area contributed by atoms with Gasteiger partial charge in [-0.15, -0.1) is 0 Å². The third kappa shape index (κ3) is 52.1. The molecular weight excluding hydrogens is 817 g/mol. The molecule has 1 unspecified atom stereocenters. The fourth-order valence-corrected chi connectivity index (χ4v) is 7.98. The van der Waals surface area contributed by atoms with Crippen LogP contribution >= 0.6 is 0 Å². The van der Waals surface area contributed by atoms with E-state index in [0.29, 0.717) is 19.3 Å². The zero-order valence-corrected chi connectivity index (χ0v) is 43.7. The van der Waals surface area contributed by atoms with E-state index in [0.717, 1.165) is 103 Å². The summed E-state index contributed by atoms with van der Waals surface area (Å²) in [6.07, 6.45) is 67.8. The van der Waals surface area contributed by atoms with E-state index in [1.165, 1.54) is 141 Å². The van der Waals surface area contributed by atoms with Gasteiger partial charge in [-0.2, -0.15) is 0 Å². The highest BCUT2D eigenvalue weighted by atomic mass is 16.6. The van der Waals surface area contributed by atoms with Crippen LogP contribution in [0, 0.1) is 0 Å². The molecule has 0 fully saturated rings. The first kappa shape index (κ1) is 63.1. The maximum Gasteiger partial charge on any atom is 0.306 e. The lowest BCUT2D eigenvalue weighted by Gasteiger charge is -2.18. The molecule has 0 heterocycles. The number of ether oxygens (including phenoxy) is 3. The van der Waals surface area contributed by atoms with Gasteiger partial charge < -0.3 is 14.2 Å². The molecule has 0 rings (SSSR count). The molecule has 1 atom stereocenters. The molecule has 66 heavy (non-hydrogen) atoms. The van der Waals surface area contributed by atoms with Crippen molar-refractivity contribution in [3.63, 3.8) is 0 Å². The van der Waals surface area contributed by atoms with E-state index in [2.05, 4.69) is 81.5 Å². The number of hydrogen-bond acceptors (Lipinski definition) is 6. The van der Waals surface area contributed by atoms with Gasteiger partial charge in [0.2, 0.25) is 0 Å². The van der Waals surface area contributed by atoms with Crippen LogP contribution in [0.5, 0.6) is 0 Å². The van der Waals surface area contributed by atoms with Crippen LogP contribution in [-0.2, 0) is 28.6 Å². The lowest BCUT2D eigenvalue weighted by molar-refractivity contribution is -0.167. The number of carbonyl (C=O) groups excluding carboxylic acids is 3. The monoisotopic (exact) mass is 923 g/mol. The highest BCUT2D eigenvalue weighted by Gasteiger charge is 2.19. The van der Waals surface area contributed by atoms with Crippen molar-refractivity contribution >= 4 is 17.9 Å². The van der Waals surface area contributed by atoms with Crippen LogP contribution in [0.15, 0.2) is 60.8 Å². The van der Waals surface area contributed by atoms with Crippen molar-refractivity contribution in [3.8, 4) is 0 Å². The van der Waals surface area contributed by atoms with Crippen molar-refractivity contribution in [2.24, 2.45) is 0 Å². The summed E-state index contributed by atoms with van der Waals surface area (Å²) < 4.78 is 16.8. The molecule has 0 saturated carbocycles. The molecule has 0 spiro atoms. The SMILES string of the molecule is CC/C=C\C/C=C\C/C=C\CCCCCCCC(=O)OC(COC(=O)CCCCCCC/C=C\CCCCCCC)COC(=O)CCCCCCCCCCC/C=C\CCCCCCCC. The third-order valence-corrected chi connectivity index (χ3v) is 12.2. The molecule has 0 aliphatic heterocycles. The topological polar surface area (TPSA) is 78.9 Å². The third-order valence-electron chi connectivity index (χ3n) is 12.2. The Bertz CT molecular complexity index is 1200. The van der Waals surface area contributed by atoms with Crippen LogP contribution in [0.1, 0.15) is 284 Å². The van der Waals surface area contributed by atoms with Gasteiger partial charge in [0.05, 0.1) is 0 Å². The zero-order chi connectivity index (χ0) is 47.9. The van der Waals surface area contributed by atoms with Crippen LogP contribution in [0.4, 0.5) is 0 Å². The molecule has 0 amide bonds. The van der Waals surface area contributed by atoms with Gasteiger partial charge >= 0.3 is 17.9 Å². The maximum atomic E-state index is 12.8. The molecule has 6 nitrogen and oxygen atoms in total. The number of rotatable bonds is 51. The maximum absolute atomic E-state index is 12.8. The molecule has 0 radical (unpaired) electrons. The Morgan fingerprint density at radius 2 is 0.591 bits per heavy atom. The average Bonchev–Trinajstić information content (AvgIpc) is 3.31. The highest BCUT2D eigenvalue weighted by molar-refractivity contribution is 5.71. The van der Waals surface area contributed by atoms with Crippen molar-refractivity contribution in [1.29, 1.82) is 0 Å². The van der Waals surface area contributed by atoms with Gasteiger partial charge in [-0.3, -0.25) is 14.4 Å². The number of allylic oxidation sites excluding steroid dienone is 10. The quantitative estimate of drug-likeness (QED) is 0.0262. The van der Waals surface area contributed by atoms with Crippen LogP contribution in [0.25, 0.3) is 0 Å². The predicted molar refractivity (Wildman–Crippen MR) is 284 cm³/mol. The Balaban J connectivity index is 4.38. The van der Waals surface area contributed by atoms with E-state index in [1.54, 1.807) is 0 Å². The van der Waals surface area contributed by atoms with Gasteiger partial charge in [0.1, 0.15) is 13.2 Å². The minimum Gasteiger partial charge on any atom is -0.462 e. The lowest BCUT2D eigenvalue weighted by atomic mass is 10.1. The van der Waals surface area contributed by atoms with Crippen molar-refractivity contribution in [2.75, 3.05) is 13.2 Å². The molecule has 382 valence electrons. The number of carbonyl (C=O) groups is 3. The Labute approximate surface area is 409 Å². The highest BCUT2D eigenvalue weighted by Crippen LogP contribution is 2.15. The van der Waals surface area contributed by atoms with Crippen molar-refractivity contribution < 1.29 is 28.6 Å². The number of hydrogen-bond donors (Lipinski definition) is 0. The molecule has 0 bridgehead atoms. The first-order valence-corrected chi connectivity index (χ1v) is 28.3. The first-order chi connectivity index (χ1) is 32.5. The number of unbranched alkanes of at least 4 members (excludes halogenated alkanes) is 30. The standard InChI is InChI=1S/C60H106O6/c1-4-7-10-13-16-19-22-25-28-29-30-31-33-35-38-41-44-47-50-53-59(62)65-56-57(55-64-58(61)52-49-46-43-40-37-34-27-24-21-18-15-12-9-6-3)66-60(63)54-51-48-45-42-39-36-32-26-23-20-17-14-11-8-5-2/h8,11,17,20,24-28,32,57H,4-7,9-10,12-16,18-19,21-23,29-31,33-56H2,1-3H3/b11-8-,20-17-,27-24-,28-25-,32-26-. The molecule has 0 aromatic rings. The minimum absolute atomic E-state index is 0.0840. The second-order valence-corrected chi connectivity index (χ2v) is 18.8. The van der Waals surface area contributed by atoms with Crippen molar-refractivity contribution in [3.05, 3.63) is 60.8 Å².